The Morgan fingerprint density at radius 2 is 1.77 bits per heavy atom. The maximum atomic E-state index is 12.8. The van der Waals surface area contributed by atoms with Crippen LogP contribution in [0.1, 0.15) is 42.2 Å². The predicted molar refractivity (Wildman–Crippen MR) is 138 cm³/mol. The maximum absolute atomic E-state index is 12.8. The van der Waals surface area contributed by atoms with Crippen LogP contribution in [0.2, 0.25) is 5.02 Å². The van der Waals surface area contributed by atoms with Gasteiger partial charge in [-0.05, 0) is 25.6 Å². The summed E-state index contributed by atoms with van der Waals surface area (Å²) in [7, 11) is 2.00. The number of ether oxygens (including phenoxy) is 1. The molecule has 0 spiro atoms. The quantitative estimate of drug-likeness (QED) is 0.423. The number of nitrogens with zero attached hydrogens (tertiary/aromatic N) is 6. The van der Waals surface area contributed by atoms with Gasteiger partial charge in [0.15, 0.2) is 5.69 Å². The number of aliphatic carboxylic acids is 2. The van der Waals surface area contributed by atoms with Gasteiger partial charge in [-0.3, -0.25) is 19.4 Å². The molecule has 3 N–H and O–H groups in total. The number of fused-ring (bicyclic) bond motifs is 1. The Bertz CT molecular complexity index is 1250. The van der Waals surface area contributed by atoms with E-state index in [9.17, 15) is 24.0 Å². The Kier molecular flexibility index (Phi) is 10.3. The van der Waals surface area contributed by atoms with Gasteiger partial charge in [-0.2, -0.15) is 0 Å². The fourth-order valence-electron chi connectivity index (χ4n) is 3.81. The molecule has 0 saturated carbocycles. The largest absolute Gasteiger partial charge is 0.481 e. The molecule has 40 heavy (non-hydrogen) atoms. The number of halogens is 1. The van der Waals surface area contributed by atoms with Gasteiger partial charge in [-0.25, -0.2) is 24.5 Å². The summed E-state index contributed by atoms with van der Waals surface area (Å²) in [5.41, 5.74) is 0.437. The molecule has 1 fully saturated rings. The lowest BCUT2D eigenvalue weighted by atomic mass is 10.1. The normalized spacial score (nSPS) is 17.3. The predicted octanol–water partition coefficient (Wildman–Crippen LogP) is 1.01. The minimum Gasteiger partial charge on any atom is -0.481 e. The minimum absolute atomic E-state index is 0.107. The smallest absolute Gasteiger partial charge is 0.412 e. The second-order valence-electron chi connectivity index (χ2n) is 8.85. The molecule has 1 saturated heterocycles. The van der Waals surface area contributed by atoms with E-state index in [2.05, 4.69) is 25.2 Å². The van der Waals surface area contributed by atoms with Gasteiger partial charge in [0.05, 0.1) is 5.02 Å². The van der Waals surface area contributed by atoms with Crippen molar-refractivity contribution in [2.75, 3.05) is 38.1 Å². The molecule has 0 aromatic carbocycles. The van der Waals surface area contributed by atoms with Crippen LogP contribution in [0.5, 0.6) is 0 Å². The summed E-state index contributed by atoms with van der Waals surface area (Å²) in [5.74, 6) is -2.92. The van der Waals surface area contributed by atoms with Crippen LogP contribution in [0.15, 0.2) is 30.7 Å². The molecule has 2 aliphatic heterocycles. The lowest BCUT2D eigenvalue weighted by Gasteiger charge is -2.33. The van der Waals surface area contributed by atoms with Gasteiger partial charge in [0, 0.05) is 58.1 Å². The highest BCUT2D eigenvalue weighted by Gasteiger charge is 2.44. The number of carbonyl (C=O) groups is 5. The van der Waals surface area contributed by atoms with Gasteiger partial charge in [0.25, 0.3) is 5.91 Å². The third-order valence-corrected chi connectivity index (χ3v) is 6.09. The molecular weight excluding hydrogens is 550 g/mol. The van der Waals surface area contributed by atoms with E-state index in [0.29, 0.717) is 29.6 Å². The summed E-state index contributed by atoms with van der Waals surface area (Å²) in [4.78, 5) is 74.0. The van der Waals surface area contributed by atoms with Gasteiger partial charge in [0.2, 0.25) is 12.1 Å². The fraction of sp³-hybridized carbons (Fsp3) is 0.417. The van der Waals surface area contributed by atoms with Gasteiger partial charge >= 0.3 is 18.0 Å². The van der Waals surface area contributed by atoms with E-state index in [1.165, 1.54) is 30.4 Å². The molecule has 4 rings (SSSR count). The second-order valence-corrected chi connectivity index (χ2v) is 9.29. The molecule has 4 heterocycles. The number of aromatic nitrogens is 3. The lowest BCUT2D eigenvalue weighted by Crippen LogP contribution is -2.48. The number of pyridine rings is 1. The molecule has 214 valence electrons. The molecular formula is C24H28ClN7O8. The van der Waals surface area contributed by atoms with Crippen LogP contribution in [0, 0.1) is 0 Å². The van der Waals surface area contributed by atoms with Crippen molar-refractivity contribution in [3.05, 3.63) is 47.1 Å². The third-order valence-electron chi connectivity index (χ3n) is 5.87. The first-order chi connectivity index (χ1) is 19.0. The Balaban J connectivity index is 0.000000289. The van der Waals surface area contributed by atoms with Crippen LogP contribution in [0.3, 0.4) is 0 Å². The number of hydrogen-bond donors (Lipinski definition) is 3. The van der Waals surface area contributed by atoms with Gasteiger partial charge < -0.3 is 30.1 Å². The number of rotatable bonds is 7. The first-order valence-electron chi connectivity index (χ1n) is 12.1. The van der Waals surface area contributed by atoms with E-state index < -0.39 is 42.1 Å². The van der Waals surface area contributed by atoms with E-state index in [0.717, 1.165) is 13.1 Å². The number of carboxylic acid groups (broad SMARTS) is 2. The van der Waals surface area contributed by atoms with Crippen molar-refractivity contribution < 1.29 is 38.9 Å². The summed E-state index contributed by atoms with van der Waals surface area (Å²) < 4.78 is 5.68. The topological polar surface area (TPSA) is 195 Å². The van der Waals surface area contributed by atoms with E-state index in [1.54, 1.807) is 17.0 Å². The standard InChI is InChI=1S/C17H17ClN6O3.C7H11NO5/c1-22-6-8-23(9-7-22)17(26)27-16-14-13(19-4-5-20-14)15(25)24(16)12-3-2-11(18)10-21-12;1-4(9)8-5(7(12)13)2-3-6(10)11/h2-5,10,16H,6-9H2,1H3;5H,2-3H2,1H3,(H,8,9)(H,10,11)(H,12,13). The number of amides is 3. The summed E-state index contributed by atoms with van der Waals surface area (Å²) >= 11 is 5.89. The van der Waals surface area contributed by atoms with Crippen molar-refractivity contribution in [2.24, 2.45) is 0 Å². The van der Waals surface area contributed by atoms with Gasteiger partial charge in [-0.1, -0.05) is 11.6 Å². The highest BCUT2D eigenvalue weighted by Crippen LogP contribution is 2.35. The molecule has 15 nitrogen and oxygen atoms in total. The van der Waals surface area contributed by atoms with Crippen molar-refractivity contribution >= 4 is 47.3 Å². The Morgan fingerprint density at radius 3 is 2.35 bits per heavy atom. The number of hydrogen-bond acceptors (Lipinski definition) is 10. The zero-order valence-electron chi connectivity index (χ0n) is 21.7. The zero-order valence-corrected chi connectivity index (χ0v) is 22.4. The maximum Gasteiger partial charge on any atom is 0.412 e. The average Bonchev–Trinajstić information content (AvgIpc) is 3.18. The van der Waals surface area contributed by atoms with Gasteiger partial charge in [-0.15, -0.1) is 0 Å². The first kappa shape index (κ1) is 30.2. The average molecular weight is 578 g/mol. The molecule has 0 aliphatic carbocycles. The number of likely N-dealkylation sites (N-methyl/N-ethyl adjacent to an activating group) is 1. The van der Waals surface area contributed by atoms with E-state index in [4.69, 9.17) is 26.6 Å². The summed E-state index contributed by atoms with van der Waals surface area (Å²) in [6.07, 6.45) is 2.39. The molecule has 2 unspecified atom stereocenters. The first-order valence-corrected chi connectivity index (χ1v) is 12.5. The van der Waals surface area contributed by atoms with Crippen LogP contribution >= 0.6 is 11.6 Å². The molecule has 16 heteroatoms. The number of nitrogens with one attached hydrogen (secondary N) is 1. The van der Waals surface area contributed by atoms with Crippen molar-refractivity contribution in [3.8, 4) is 0 Å². The third kappa shape index (κ3) is 7.83. The monoisotopic (exact) mass is 577 g/mol. The molecule has 2 aromatic rings. The Morgan fingerprint density at radius 1 is 1.10 bits per heavy atom. The van der Waals surface area contributed by atoms with E-state index in [1.807, 2.05) is 7.05 Å². The van der Waals surface area contributed by atoms with E-state index in [-0.39, 0.29) is 18.5 Å². The zero-order chi connectivity index (χ0) is 29.4. The number of carbonyl (C=O) groups excluding carboxylic acids is 3. The van der Waals surface area contributed by atoms with Gasteiger partial charge in [0.1, 0.15) is 17.6 Å². The van der Waals surface area contributed by atoms with Crippen molar-refractivity contribution in [1.82, 2.24) is 30.1 Å². The number of anilines is 1. The van der Waals surface area contributed by atoms with Crippen LogP contribution in [0.25, 0.3) is 0 Å². The van der Waals surface area contributed by atoms with Crippen molar-refractivity contribution in [1.29, 1.82) is 0 Å². The second kappa shape index (κ2) is 13.6. The Labute approximate surface area is 233 Å². The number of piperazine rings is 1. The van der Waals surface area contributed by atoms with Crippen LogP contribution in [0.4, 0.5) is 10.6 Å². The number of carboxylic acids is 2. The fourth-order valence-corrected chi connectivity index (χ4v) is 3.92. The molecule has 3 amide bonds. The molecule has 2 atom stereocenters. The summed E-state index contributed by atoms with van der Waals surface area (Å²) in [6, 6.07) is 2.08. The van der Waals surface area contributed by atoms with Crippen LogP contribution < -0.4 is 10.2 Å². The Hall–Kier alpha value is -4.37. The van der Waals surface area contributed by atoms with Crippen molar-refractivity contribution in [2.45, 2.75) is 32.0 Å². The lowest BCUT2D eigenvalue weighted by molar-refractivity contribution is -0.142. The summed E-state index contributed by atoms with van der Waals surface area (Å²) in [5, 5.41) is 19.4. The summed E-state index contributed by atoms with van der Waals surface area (Å²) in [6.45, 7) is 3.82. The van der Waals surface area contributed by atoms with E-state index >= 15 is 0 Å². The SMILES string of the molecule is CC(=O)NC(CCC(=O)O)C(=O)O.CN1CCN(C(=O)OC2c3nccnc3C(=O)N2c2ccc(Cl)cn2)CC1. The molecule has 2 aromatic heterocycles. The molecule has 0 bridgehead atoms. The van der Waals surface area contributed by atoms with Crippen LogP contribution in [-0.2, 0) is 19.1 Å². The van der Waals surface area contributed by atoms with Crippen molar-refractivity contribution in [3.63, 3.8) is 0 Å². The highest BCUT2D eigenvalue weighted by atomic mass is 35.5. The molecule has 0 radical (unpaired) electrons. The van der Waals surface area contributed by atoms with Crippen LogP contribution in [-0.4, -0.2) is 104 Å². The highest BCUT2D eigenvalue weighted by molar-refractivity contribution is 6.30. The minimum atomic E-state index is -1.23. The molecule has 2 aliphatic rings.